The second-order valence-electron chi connectivity index (χ2n) is 9.31. The van der Waals surface area contributed by atoms with Crippen LogP contribution in [-0.2, 0) is 30.4 Å². The maximum Gasteiger partial charge on any atom is 0.326 e. The van der Waals surface area contributed by atoms with Crippen molar-refractivity contribution >= 4 is 40.5 Å². The number of carboxylic acids is 1. The molecule has 0 aliphatic rings. The number of nitrogens with two attached hydrogens (primary N) is 3. The maximum atomic E-state index is 13.2. The fourth-order valence-electron chi connectivity index (χ4n) is 3.99. The average molecular weight is 548 g/mol. The number of amides is 4. The molecule has 5 unspecified atom stereocenters. The number of hydrogen-bond acceptors (Lipinski definition) is 8. The molecule has 14 nitrogen and oxygen atoms in total. The standard InChI is InChI=1S/C25H37N7O7/c1-13(33)21(32-22(35)16(27)11-20(28)34)24(37)30-18(8-4-5-9-26)23(36)31-19(25(38)39)10-14-12-29-17-7-3-2-6-15(14)17/h2-3,6-7,12-13,16,18-19,21,29,33H,4-5,8-11,26-27H2,1H3,(H2,28,34)(H,30,37)(H,31,36)(H,32,35)(H,38,39). The Balaban J connectivity index is 2.17. The van der Waals surface area contributed by atoms with E-state index in [0.29, 0.717) is 24.9 Å². The molecule has 2 aromatic rings. The Labute approximate surface area is 225 Å². The van der Waals surface area contributed by atoms with Gasteiger partial charge in [0.1, 0.15) is 18.1 Å². The van der Waals surface area contributed by atoms with E-state index in [9.17, 15) is 34.2 Å². The highest BCUT2D eigenvalue weighted by atomic mass is 16.4. The molecule has 1 heterocycles. The van der Waals surface area contributed by atoms with Crippen molar-refractivity contribution in [3.63, 3.8) is 0 Å². The Morgan fingerprint density at radius 2 is 1.64 bits per heavy atom. The maximum absolute atomic E-state index is 13.2. The number of carbonyl (C=O) groups excluding carboxylic acids is 4. The van der Waals surface area contributed by atoms with Gasteiger partial charge in [-0.05, 0) is 44.4 Å². The molecular formula is C25H37N7O7. The molecule has 2 rings (SSSR count). The molecule has 12 N–H and O–H groups in total. The monoisotopic (exact) mass is 547 g/mol. The van der Waals surface area contributed by atoms with Crippen LogP contribution in [0.15, 0.2) is 30.5 Å². The number of H-pyrrole nitrogens is 1. The lowest BCUT2D eigenvalue weighted by Crippen LogP contribution is -2.60. The zero-order chi connectivity index (χ0) is 29.1. The number of unbranched alkanes of at least 4 members (excludes halogenated alkanes) is 1. The molecule has 39 heavy (non-hydrogen) atoms. The number of benzene rings is 1. The van der Waals surface area contributed by atoms with E-state index in [1.807, 2.05) is 24.3 Å². The van der Waals surface area contributed by atoms with E-state index in [1.165, 1.54) is 6.92 Å². The van der Waals surface area contributed by atoms with E-state index in [2.05, 4.69) is 20.9 Å². The van der Waals surface area contributed by atoms with Gasteiger partial charge >= 0.3 is 5.97 Å². The summed E-state index contributed by atoms with van der Waals surface area (Å²) < 4.78 is 0. The molecule has 0 saturated carbocycles. The Hall–Kier alpha value is -4.01. The van der Waals surface area contributed by atoms with Gasteiger partial charge in [0.05, 0.1) is 18.6 Å². The summed E-state index contributed by atoms with van der Waals surface area (Å²) in [5.41, 5.74) is 17.7. The van der Waals surface area contributed by atoms with Crippen LogP contribution in [0.5, 0.6) is 0 Å². The number of aliphatic hydroxyl groups is 1. The lowest BCUT2D eigenvalue weighted by atomic mass is 10.0. The molecule has 1 aromatic carbocycles. The Morgan fingerprint density at radius 1 is 0.974 bits per heavy atom. The quantitative estimate of drug-likeness (QED) is 0.105. The molecule has 0 spiro atoms. The van der Waals surface area contributed by atoms with Crippen LogP contribution in [0, 0.1) is 0 Å². The number of para-hydroxylation sites is 1. The zero-order valence-corrected chi connectivity index (χ0v) is 21.7. The first-order valence-corrected chi connectivity index (χ1v) is 12.6. The predicted octanol–water partition coefficient (Wildman–Crippen LogP) is -2.04. The van der Waals surface area contributed by atoms with E-state index < -0.39 is 66.3 Å². The molecular weight excluding hydrogens is 510 g/mol. The summed E-state index contributed by atoms with van der Waals surface area (Å²) >= 11 is 0. The summed E-state index contributed by atoms with van der Waals surface area (Å²) in [6.45, 7) is 1.58. The van der Waals surface area contributed by atoms with E-state index >= 15 is 0 Å². The molecule has 14 heteroatoms. The lowest BCUT2D eigenvalue weighted by molar-refractivity contribution is -0.142. The summed E-state index contributed by atoms with van der Waals surface area (Å²) in [4.78, 5) is 64.6. The summed E-state index contributed by atoms with van der Waals surface area (Å²) in [7, 11) is 0. The van der Waals surface area contributed by atoms with Gasteiger partial charge in [0.25, 0.3) is 0 Å². The van der Waals surface area contributed by atoms with Gasteiger partial charge in [0, 0.05) is 23.5 Å². The van der Waals surface area contributed by atoms with E-state index in [4.69, 9.17) is 17.2 Å². The van der Waals surface area contributed by atoms with Crippen LogP contribution in [0.2, 0.25) is 0 Å². The lowest BCUT2D eigenvalue weighted by Gasteiger charge is -2.26. The Kier molecular flexibility index (Phi) is 11.8. The highest BCUT2D eigenvalue weighted by Gasteiger charge is 2.32. The van der Waals surface area contributed by atoms with Gasteiger partial charge in [-0.15, -0.1) is 0 Å². The zero-order valence-electron chi connectivity index (χ0n) is 21.7. The number of fused-ring (bicyclic) bond motifs is 1. The molecule has 0 saturated heterocycles. The summed E-state index contributed by atoms with van der Waals surface area (Å²) in [6, 6.07) is 1.98. The van der Waals surface area contributed by atoms with Gasteiger partial charge in [0.2, 0.25) is 23.6 Å². The van der Waals surface area contributed by atoms with Crippen LogP contribution in [0.3, 0.4) is 0 Å². The molecule has 0 bridgehead atoms. The second kappa shape index (κ2) is 14.8. The van der Waals surface area contributed by atoms with Crippen molar-refractivity contribution in [1.82, 2.24) is 20.9 Å². The number of carboxylic acid groups (broad SMARTS) is 1. The molecule has 214 valence electrons. The fourth-order valence-corrected chi connectivity index (χ4v) is 3.99. The minimum Gasteiger partial charge on any atom is -0.480 e. The molecule has 0 aliphatic carbocycles. The summed E-state index contributed by atoms with van der Waals surface area (Å²) in [6.07, 6.45) is 0.883. The third-order valence-corrected chi connectivity index (χ3v) is 6.11. The van der Waals surface area contributed by atoms with Crippen LogP contribution < -0.4 is 33.2 Å². The van der Waals surface area contributed by atoms with Gasteiger partial charge in [0.15, 0.2) is 0 Å². The number of aliphatic carboxylic acids is 1. The van der Waals surface area contributed by atoms with Gasteiger partial charge in [-0.2, -0.15) is 0 Å². The fraction of sp³-hybridized carbons (Fsp3) is 0.480. The molecule has 0 aliphatic heterocycles. The first-order valence-electron chi connectivity index (χ1n) is 12.6. The average Bonchev–Trinajstić information content (AvgIpc) is 3.28. The van der Waals surface area contributed by atoms with Crippen molar-refractivity contribution in [2.45, 2.75) is 69.3 Å². The number of aromatic amines is 1. The third kappa shape index (κ3) is 9.35. The molecule has 0 fully saturated rings. The number of aromatic nitrogens is 1. The van der Waals surface area contributed by atoms with Gasteiger partial charge in [-0.25, -0.2) is 4.79 Å². The summed E-state index contributed by atoms with van der Waals surface area (Å²) in [5.74, 6) is -4.65. The van der Waals surface area contributed by atoms with Crippen LogP contribution in [0.1, 0.15) is 38.2 Å². The normalized spacial score (nSPS) is 15.0. The van der Waals surface area contributed by atoms with Crippen molar-refractivity contribution in [2.24, 2.45) is 17.2 Å². The van der Waals surface area contributed by atoms with Gasteiger partial charge < -0.3 is 48.3 Å². The largest absolute Gasteiger partial charge is 0.480 e. The first kappa shape index (κ1) is 31.2. The minimum absolute atomic E-state index is 0.0152. The van der Waals surface area contributed by atoms with Crippen molar-refractivity contribution in [3.05, 3.63) is 36.0 Å². The number of rotatable bonds is 16. The Morgan fingerprint density at radius 3 is 2.26 bits per heavy atom. The topological polar surface area (TPSA) is 256 Å². The number of carbonyl (C=O) groups is 5. The van der Waals surface area contributed by atoms with Crippen molar-refractivity contribution in [3.8, 4) is 0 Å². The van der Waals surface area contributed by atoms with Crippen molar-refractivity contribution < 1.29 is 34.2 Å². The molecule has 1 aromatic heterocycles. The minimum atomic E-state index is -1.51. The van der Waals surface area contributed by atoms with Gasteiger partial charge in [-0.1, -0.05) is 18.2 Å². The van der Waals surface area contributed by atoms with Gasteiger partial charge in [-0.3, -0.25) is 19.2 Å². The molecule has 4 amide bonds. The first-order chi connectivity index (χ1) is 18.4. The molecule has 0 radical (unpaired) electrons. The number of aliphatic hydroxyl groups excluding tert-OH is 1. The van der Waals surface area contributed by atoms with E-state index in [0.717, 1.165) is 10.9 Å². The van der Waals surface area contributed by atoms with E-state index in [1.54, 1.807) is 6.20 Å². The van der Waals surface area contributed by atoms with E-state index in [-0.39, 0.29) is 12.8 Å². The van der Waals surface area contributed by atoms with Crippen molar-refractivity contribution in [1.29, 1.82) is 0 Å². The summed E-state index contributed by atoms with van der Waals surface area (Å²) in [5, 5.41) is 27.9. The number of hydrogen-bond donors (Lipinski definition) is 9. The third-order valence-electron chi connectivity index (χ3n) is 6.11. The Bertz CT molecular complexity index is 1170. The van der Waals surface area contributed by atoms with Crippen molar-refractivity contribution in [2.75, 3.05) is 6.54 Å². The van der Waals surface area contributed by atoms with Crippen LogP contribution in [-0.4, -0.2) is 81.6 Å². The highest BCUT2D eigenvalue weighted by molar-refractivity contribution is 5.95. The van der Waals surface area contributed by atoms with Crippen LogP contribution in [0.4, 0.5) is 0 Å². The van der Waals surface area contributed by atoms with Crippen LogP contribution >= 0.6 is 0 Å². The molecule has 5 atom stereocenters. The SMILES string of the molecule is CC(O)C(NC(=O)C(N)CC(N)=O)C(=O)NC(CCCCN)C(=O)NC(Cc1c[nH]c2ccccc12)C(=O)O. The smallest absolute Gasteiger partial charge is 0.326 e. The number of nitrogens with one attached hydrogen (secondary N) is 4. The second-order valence-corrected chi connectivity index (χ2v) is 9.31. The predicted molar refractivity (Wildman–Crippen MR) is 142 cm³/mol. The highest BCUT2D eigenvalue weighted by Crippen LogP contribution is 2.19. The number of primary amides is 1. The van der Waals surface area contributed by atoms with Crippen LogP contribution in [0.25, 0.3) is 10.9 Å².